The summed E-state index contributed by atoms with van der Waals surface area (Å²) in [5, 5.41) is 12.5. The van der Waals surface area contributed by atoms with Gasteiger partial charge in [-0.3, -0.25) is 0 Å². The first-order valence-corrected chi connectivity index (χ1v) is 4.63. The molecule has 0 aromatic heterocycles. The average Bonchev–Trinajstić information content (AvgIpc) is 2.35. The second-order valence-corrected chi connectivity index (χ2v) is 3.02. The number of hydrogen-bond acceptors (Lipinski definition) is 4. The zero-order valence-electron chi connectivity index (χ0n) is 9.12. The zero-order valence-corrected chi connectivity index (χ0v) is 9.12. The second kappa shape index (κ2) is 5.85. The molecule has 0 aliphatic rings. The molecule has 0 amide bonds. The maximum Gasteiger partial charge on any atom is 0.160 e. The molecule has 1 aromatic rings. The Labute approximate surface area is 93.0 Å². The number of azide groups is 1. The molecule has 0 spiro atoms. The van der Waals surface area contributed by atoms with E-state index in [0.29, 0.717) is 17.1 Å². The highest BCUT2D eigenvalue weighted by Gasteiger charge is 2.11. The van der Waals surface area contributed by atoms with Gasteiger partial charge in [-0.05, 0) is 23.2 Å². The van der Waals surface area contributed by atoms with Crippen LogP contribution < -0.4 is 9.47 Å². The van der Waals surface area contributed by atoms with Gasteiger partial charge in [-0.25, -0.2) is 0 Å². The lowest BCUT2D eigenvalue weighted by Gasteiger charge is -2.12. The fourth-order valence-corrected chi connectivity index (χ4v) is 1.33. The molecule has 0 radical (unpaired) electrons. The molecule has 0 heterocycles. The monoisotopic (exact) mass is 223 g/mol. The fraction of sp³-hybridized carbons (Fsp3) is 0.400. The van der Waals surface area contributed by atoms with Gasteiger partial charge < -0.3 is 14.6 Å². The summed E-state index contributed by atoms with van der Waals surface area (Å²) in [6.45, 7) is -0.250. The van der Waals surface area contributed by atoms with Gasteiger partial charge in [0.2, 0.25) is 0 Å². The Morgan fingerprint density at radius 1 is 1.38 bits per heavy atom. The number of nitrogens with zero attached hydrogens (tertiary/aromatic N) is 3. The van der Waals surface area contributed by atoms with Crippen LogP contribution in [0, 0.1) is 0 Å². The summed E-state index contributed by atoms with van der Waals surface area (Å²) in [4.78, 5) is 2.67. The minimum absolute atomic E-state index is 0.250. The molecule has 1 aromatic carbocycles. The van der Waals surface area contributed by atoms with Crippen LogP contribution in [0.5, 0.6) is 11.5 Å². The third-order valence-electron chi connectivity index (χ3n) is 2.16. The summed E-state index contributed by atoms with van der Waals surface area (Å²) in [7, 11) is 3.05. The summed E-state index contributed by atoms with van der Waals surface area (Å²) in [5.74, 6) is 1.12. The number of ether oxygens (including phenoxy) is 2. The first-order chi connectivity index (χ1) is 7.76. The average molecular weight is 223 g/mol. The molecule has 1 N–H and O–H groups in total. The van der Waals surface area contributed by atoms with Crippen LogP contribution in [0.2, 0.25) is 0 Å². The number of benzene rings is 1. The van der Waals surface area contributed by atoms with Gasteiger partial charge >= 0.3 is 0 Å². The van der Waals surface area contributed by atoms with E-state index in [1.165, 1.54) is 14.2 Å². The largest absolute Gasteiger partial charge is 0.493 e. The summed E-state index contributed by atoms with van der Waals surface area (Å²) < 4.78 is 10.2. The highest BCUT2D eigenvalue weighted by Crippen LogP contribution is 2.30. The van der Waals surface area contributed by atoms with Crippen molar-refractivity contribution in [1.82, 2.24) is 0 Å². The molecule has 0 fully saturated rings. The molecule has 1 atom stereocenters. The van der Waals surface area contributed by atoms with Crippen LogP contribution >= 0.6 is 0 Å². The number of hydrogen-bond donors (Lipinski definition) is 1. The summed E-state index contributed by atoms with van der Waals surface area (Å²) >= 11 is 0. The Balaban J connectivity index is 3.10. The van der Waals surface area contributed by atoms with E-state index in [1.54, 1.807) is 18.2 Å². The summed E-state index contributed by atoms with van der Waals surface area (Å²) in [6.07, 6.45) is 0. The van der Waals surface area contributed by atoms with Crippen molar-refractivity contribution in [1.29, 1.82) is 0 Å². The Hall–Kier alpha value is -1.91. The van der Waals surface area contributed by atoms with Crippen LogP contribution in [0.3, 0.4) is 0 Å². The van der Waals surface area contributed by atoms with Gasteiger partial charge in [-0.15, -0.1) is 0 Å². The predicted octanol–water partition coefficient (Wildman–Crippen LogP) is 2.05. The standard InChI is InChI=1S/C10H13N3O3/c1-15-9-4-3-7(5-10(9)16-2)8(6-14)12-13-11/h3-5,8,14H,6H2,1-2H3. The van der Waals surface area contributed by atoms with Gasteiger partial charge in [0.1, 0.15) is 0 Å². The van der Waals surface area contributed by atoms with Crippen molar-refractivity contribution in [3.63, 3.8) is 0 Å². The van der Waals surface area contributed by atoms with Crippen molar-refractivity contribution in [3.05, 3.63) is 34.2 Å². The lowest BCUT2D eigenvalue weighted by atomic mass is 10.1. The molecule has 1 rings (SSSR count). The Bertz CT molecular complexity index is 402. The van der Waals surface area contributed by atoms with E-state index >= 15 is 0 Å². The highest BCUT2D eigenvalue weighted by atomic mass is 16.5. The molecule has 86 valence electrons. The maximum absolute atomic E-state index is 9.06. The van der Waals surface area contributed by atoms with Crippen molar-refractivity contribution in [3.8, 4) is 11.5 Å². The minimum Gasteiger partial charge on any atom is -0.493 e. The van der Waals surface area contributed by atoms with Crippen molar-refractivity contribution >= 4 is 0 Å². The molecule has 0 saturated heterocycles. The molecule has 1 unspecified atom stereocenters. The van der Waals surface area contributed by atoms with Crippen LogP contribution in [0.4, 0.5) is 0 Å². The molecule has 0 aliphatic carbocycles. The van der Waals surface area contributed by atoms with Crippen molar-refractivity contribution in [2.24, 2.45) is 5.11 Å². The Kier molecular flexibility index (Phi) is 4.44. The van der Waals surface area contributed by atoms with Crippen LogP contribution in [-0.2, 0) is 0 Å². The van der Waals surface area contributed by atoms with Gasteiger partial charge in [-0.2, -0.15) is 0 Å². The van der Waals surface area contributed by atoms with Gasteiger partial charge in [-0.1, -0.05) is 11.2 Å². The summed E-state index contributed by atoms with van der Waals surface area (Å²) in [5.41, 5.74) is 9.03. The van der Waals surface area contributed by atoms with Crippen LogP contribution in [0.15, 0.2) is 23.3 Å². The zero-order chi connectivity index (χ0) is 12.0. The van der Waals surface area contributed by atoms with E-state index in [2.05, 4.69) is 10.0 Å². The molecule has 6 heteroatoms. The lowest BCUT2D eigenvalue weighted by Crippen LogP contribution is -2.01. The topological polar surface area (TPSA) is 87.5 Å². The fourth-order valence-electron chi connectivity index (χ4n) is 1.33. The predicted molar refractivity (Wildman–Crippen MR) is 58.5 cm³/mol. The van der Waals surface area contributed by atoms with Crippen molar-refractivity contribution < 1.29 is 14.6 Å². The van der Waals surface area contributed by atoms with Crippen LogP contribution in [0.25, 0.3) is 10.4 Å². The number of methoxy groups -OCH3 is 2. The Morgan fingerprint density at radius 3 is 2.56 bits per heavy atom. The SMILES string of the molecule is COc1ccc(C(CO)N=[N+]=[N-])cc1OC. The quantitative estimate of drug-likeness (QED) is 0.470. The molecule has 16 heavy (non-hydrogen) atoms. The van der Waals surface area contributed by atoms with Crippen LogP contribution in [-0.4, -0.2) is 25.9 Å². The second-order valence-electron chi connectivity index (χ2n) is 3.02. The molecule has 0 aliphatic heterocycles. The third kappa shape index (κ3) is 2.56. The van der Waals surface area contributed by atoms with Crippen molar-refractivity contribution in [2.75, 3.05) is 20.8 Å². The van der Waals surface area contributed by atoms with Gasteiger partial charge in [0, 0.05) is 4.91 Å². The first kappa shape index (κ1) is 12.2. The first-order valence-electron chi connectivity index (χ1n) is 4.63. The van der Waals surface area contributed by atoms with E-state index < -0.39 is 6.04 Å². The number of aliphatic hydroxyl groups is 1. The van der Waals surface area contributed by atoms with Gasteiger partial charge in [0.25, 0.3) is 0 Å². The normalized spacial score (nSPS) is 11.4. The van der Waals surface area contributed by atoms with Crippen LogP contribution in [0.1, 0.15) is 11.6 Å². The molecular weight excluding hydrogens is 210 g/mol. The van der Waals surface area contributed by atoms with Gasteiger partial charge in [0.05, 0.1) is 26.9 Å². The smallest absolute Gasteiger partial charge is 0.160 e. The molecule has 0 bridgehead atoms. The summed E-state index contributed by atoms with van der Waals surface area (Å²) in [6, 6.07) is 4.49. The van der Waals surface area contributed by atoms with Gasteiger partial charge in [0.15, 0.2) is 11.5 Å². The number of aliphatic hydroxyl groups excluding tert-OH is 1. The minimum atomic E-state index is -0.607. The Morgan fingerprint density at radius 2 is 2.06 bits per heavy atom. The lowest BCUT2D eigenvalue weighted by molar-refractivity contribution is 0.267. The van der Waals surface area contributed by atoms with E-state index in [9.17, 15) is 0 Å². The maximum atomic E-state index is 9.06. The third-order valence-corrected chi connectivity index (χ3v) is 2.16. The van der Waals surface area contributed by atoms with Crippen molar-refractivity contribution in [2.45, 2.75) is 6.04 Å². The van der Waals surface area contributed by atoms with E-state index in [-0.39, 0.29) is 6.61 Å². The molecule has 0 saturated carbocycles. The van der Waals surface area contributed by atoms with E-state index in [1.807, 2.05) is 0 Å². The number of rotatable bonds is 5. The van der Waals surface area contributed by atoms with E-state index in [0.717, 1.165) is 0 Å². The van der Waals surface area contributed by atoms with E-state index in [4.69, 9.17) is 20.1 Å². The molecule has 6 nitrogen and oxygen atoms in total. The molecular formula is C10H13N3O3. The highest BCUT2D eigenvalue weighted by molar-refractivity contribution is 5.43.